The van der Waals surface area contributed by atoms with E-state index in [1.54, 1.807) is 14.2 Å². The minimum Gasteiger partial charge on any atom is -0.493 e. The van der Waals surface area contributed by atoms with Crippen LogP contribution >= 0.6 is 0 Å². The van der Waals surface area contributed by atoms with Gasteiger partial charge < -0.3 is 35.5 Å². The van der Waals surface area contributed by atoms with E-state index in [-0.39, 0.29) is 5.91 Å². The second-order valence-corrected chi connectivity index (χ2v) is 7.75. The average molecular weight is 435 g/mol. The molecule has 1 aliphatic rings. The molecular weight excluding hydrogens is 401 g/mol. The lowest BCUT2D eigenvalue weighted by Gasteiger charge is -2.31. The number of hydrogen-bond donors (Lipinski definition) is 4. The van der Waals surface area contributed by atoms with Crippen LogP contribution in [-0.2, 0) is 20.7 Å². The second kappa shape index (κ2) is 12.5. The number of hydrogen-bond acceptors (Lipinski definition) is 7. The van der Waals surface area contributed by atoms with Crippen molar-refractivity contribution in [1.29, 1.82) is 0 Å². The van der Waals surface area contributed by atoms with Gasteiger partial charge in [-0.25, -0.2) is 0 Å². The molecule has 9 nitrogen and oxygen atoms in total. The van der Waals surface area contributed by atoms with E-state index in [1.165, 1.54) is 0 Å². The van der Waals surface area contributed by atoms with Crippen LogP contribution in [0.2, 0.25) is 5.31 Å². The Morgan fingerprint density at radius 2 is 2.00 bits per heavy atom. The van der Waals surface area contributed by atoms with Crippen molar-refractivity contribution in [1.82, 2.24) is 10.6 Å². The van der Waals surface area contributed by atoms with Gasteiger partial charge in [0.2, 0.25) is 12.3 Å². The number of carbonyl (C=O) groups excluding carboxylic acids is 2. The molecule has 1 fully saturated rings. The molecule has 0 saturated heterocycles. The highest BCUT2D eigenvalue weighted by atomic mass is 16.5. The summed E-state index contributed by atoms with van der Waals surface area (Å²) in [4.78, 5) is 23.9. The first-order valence-corrected chi connectivity index (χ1v) is 10.7. The third-order valence-corrected chi connectivity index (χ3v) is 5.79. The van der Waals surface area contributed by atoms with Crippen LogP contribution < -0.4 is 25.8 Å². The molecule has 2 amide bonds. The van der Waals surface area contributed by atoms with E-state index in [0.29, 0.717) is 63.1 Å². The Kier molecular flexibility index (Phi) is 10.1. The first kappa shape index (κ1) is 25.0. The molecule has 5 N–H and O–H groups in total. The smallest absolute Gasteiger partial charge is 0.472 e. The van der Waals surface area contributed by atoms with Crippen molar-refractivity contribution < 1.29 is 28.7 Å². The molecule has 172 valence electrons. The van der Waals surface area contributed by atoms with Crippen LogP contribution in [0, 0.1) is 0 Å². The number of nitrogens with one attached hydrogen (secondary N) is 2. The standard InChI is InChI=1S/C21H34BN3O6/c1-29-17-8-7-16(14-18(17)30-2)9-13-24-20(27)21(10-3-4-11-21)22(28)31-19(25-15-26)6-5-12-23/h7-8,14-15,19,28H,3-6,9-13,23H2,1-2H3,(H,24,27)(H,25,26)/t19-/m1/s1. The molecule has 0 heterocycles. The van der Waals surface area contributed by atoms with Gasteiger partial charge in [0.05, 0.1) is 19.5 Å². The molecule has 2 rings (SSSR count). The van der Waals surface area contributed by atoms with Crippen molar-refractivity contribution in [3.05, 3.63) is 23.8 Å². The summed E-state index contributed by atoms with van der Waals surface area (Å²) in [5.74, 6) is 1.05. The highest BCUT2D eigenvalue weighted by Gasteiger charge is 2.52. The van der Waals surface area contributed by atoms with Gasteiger partial charge in [0.15, 0.2) is 11.5 Å². The van der Waals surface area contributed by atoms with Crippen LogP contribution in [0.15, 0.2) is 18.2 Å². The fraction of sp³-hybridized carbons (Fsp3) is 0.619. The van der Waals surface area contributed by atoms with Gasteiger partial charge >= 0.3 is 7.12 Å². The van der Waals surface area contributed by atoms with E-state index in [1.807, 2.05) is 18.2 Å². The maximum Gasteiger partial charge on any atom is 0.472 e. The maximum atomic E-state index is 13.1. The van der Waals surface area contributed by atoms with Crippen LogP contribution in [0.5, 0.6) is 11.5 Å². The van der Waals surface area contributed by atoms with Gasteiger partial charge in [-0.15, -0.1) is 0 Å². The summed E-state index contributed by atoms with van der Waals surface area (Å²) in [6.07, 6.45) is 4.25. The van der Waals surface area contributed by atoms with Crippen LogP contribution in [0.4, 0.5) is 0 Å². The SMILES string of the molecule is COc1ccc(CCNC(=O)C2(B(O)O[C@H](CCCN)NC=O)CCCC2)cc1OC. The van der Waals surface area contributed by atoms with Crippen LogP contribution in [0.3, 0.4) is 0 Å². The highest BCUT2D eigenvalue weighted by Crippen LogP contribution is 2.47. The predicted octanol–water partition coefficient (Wildman–Crippen LogP) is 0.985. The van der Waals surface area contributed by atoms with Crippen molar-refractivity contribution in [2.24, 2.45) is 5.73 Å². The van der Waals surface area contributed by atoms with Gasteiger partial charge in [0, 0.05) is 6.54 Å². The normalized spacial score (nSPS) is 15.7. The first-order valence-electron chi connectivity index (χ1n) is 10.7. The van der Waals surface area contributed by atoms with E-state index >= 15 is 0 Å². The number of rotatable bonds is 14. The number of carbonyl (C=O) groups is 2. The van der Waals surface area contributed by atoms with Crippen molar-refractivity contribution in [2.75, 3.05) is 27.3 Å². The van der Waals surface area contributed by atoms with Gasteiger partial charge in [0.1, 0.15) is 6.23 Å². The van der Waals surface area contributed by atoms with Crippen molar-refractivity contribution >= 4 is 19.4 Å². The molecule has 31 heavy (non-hydrogen) atoms. The number of methoxy groups -OCH3 is 2. The highest BCUT2D eigenvalue weighted by molar-refractivity contribution is 6.53. The molecule has 0 spiro atoms. The molecule has 0 bridgehead atoms. The van der Waals surface area contributed by atoms with Gasteiger partial charge in [-0.1, -0.05) is 18.9 Å². The Morgan fingerprint density at radius 1 is 1.29 bits per heavy atom. The van der Waals surface area contributed by atoms with Crippen LogP contribution in [-0.4, -0.2) is 58.0 Å². The lowest BCUT2D eigenvalue weighted by molar-refractivity contribution is -0.125. The quantitative estimate of drug-likeness (QED) is 0.195. The Morgan fingerprint density at radius 3 is 2.61 bits per heavy atom. The lowest BCUT2D eigenvalue weighted by atomic mass is 9.55. The van der Waals surface area contributed by atoms with Gasteiger partial charge in [-0.2, -0.15) is 0 Å². The van der Waals surface area contributed by atoms with Crippen molar-refractivity contribution in [2.45, 2.75) is 56.5 Å². The summed E-state index contributed by atoms with van der Waals surface area (Å²) in [6.45, 7) is 0.851. The largest absolute Gasteiger partial charge is 0.493 e. The van der Waals surface area contributed by atoms with Crippen LogP contribution in [0.25, 0.3) is 0 Å². The van der Waals surface area contributed by atoms with Crippen LogP contribution in [0.1, 0.15) is 44.1 Å². The van der Waals surface area contributed by atoms with E-state index in [2.05, 4.69) is 10.6 Å². The number of benzene rings is 1. The monoisotopic (exact) mass is 435 g/mol. The summed E-state index contributed by atoms with van der Waals surface area (Å²) >= 11 is 0. The zero-order chi connectivity index (χ0) is 22.7. The Labute approximate surface area is 184 Å². The molecule has 1 atom stereocenters. The first-order chi connectivity index (χ1) is 15.0. The molecule has 0 aromatic heterocycles. The summed E-state index contributed by atoms with van der Waals surface area (Å²) in [7, 11) is 1.85. The average Bonchev–Trinajstić information content (AvgIpc) is 3.28. The van der Waals surface area contributed by atoms with E-state index in [0.717, 1.165) is 18.4 Å². The Bertz CT molecular complexity index is 714. The minimum absolute atomic E-state index is 0.235. The third kappa shape index (κ3) is 6.59. The van der Waals surface area contributed by atoms with Gasteiger partial charge in [-0.3, -0.25) is 9.59 Å². The number of nitrogens with two attached hydrogens (primary N) is 1. The molecule has 10 heteroatoms. The summed E-state index contributed by atoms with van der Waals surface area (Å²) in [6, 6.07) is 5.62. The molecule has 1 aromatic carbocycles. The molecule has 1 aromatic rings. The molecular formula is C21H34BN3O6. The maximum absolute atomic E-state index is 13.1. The third-order valence-electron chi connectivity index (χ3n) is 5.79. The molecule has 0 radical (unpaired) electrons. The van der Waals surface area contributed by atoms with Crippen molar-refractivity contribution in [3.63, 3.8) is 0 Å². The van der Waals surface area contributed by atoms with Crippen molar-refractivity contribution in [3.8, 4) is 11.5 Å². The Balaban J connectivity index is 1.98. The van der Waals surface area contributed by atoms with E-state index in [9.17, 15) is 14.6 Å². The summed E-state index contributed by atoms with van der Waals surface area (Å²) < 4.78 is 16.2. The molecule has 1 saturated carbocycles. The summed E-state index contributed by atoms with van der Waals surface area (Å²) in [5.41, 5.74) is 6.52. The van der Waals surface area contributed by atoms with E-state index < -0.39 is 18.7 Å². The fourth-order valence-corrected chi connectivity index (χ4v) is 3.98. The molecule has 1 aliphatic carbocycles. The fourth-order valence-electron chi connectivity index (χ4n) is 3.98. The molecule has 0 aliphatic heterocycles. The number of ether oxygens (including phenoxy) is 2. The zero-order valence-corrected chi connectivity index (χ0v) is 18.4. The Hall–Kier alpha value is -2.30. The van der Waals surface area contributed by atoms with E-state index in [4.69, 9.17) is 19.9 Å². The zero-order valence-electron chi connectivity index (χ0n) is 18.4. The molecule has 0 unspecified atom stereocenters. The van der Waals surface area contributed by atoms with Gasteiger partial charge in [0.25, 0.3) is 0 Å². The predicted molar refractivity (Wildman–Crippen MR) is 118 cm³/mol. The lowest BCUT2D eigenvalue weighted by Crippen LogP contribution is -2.49. The number of amides is 2. The topological polar surface area (TPSA) is 132 Å². The minimum atomic E-state index is -1.31. The van der Waals surface area contributed by atoms with Gasteiger partial charge in [-0.05, 0) is 56.3 Å². The summed E-state index contributed by atoms with van der Waals surface area (Å²) in [5, 5.41) is 15.3. The second-order valence-electron chi connectivity index (χ2n) is 7.75.